The first kappa shape index (κ1) is 14.3. The van der Waals surface area contributed by atoms with Crippen molar-refractivity contribution in [2.24, 2.45) is 5.92 Å². The van der Waals surface area contributed by atoms with Gasteiger partial charge in [-0.05, 0) is 12.3 Å². The summed E-state index contributed by atoms with van der Waals surface area (Å²) >= 11 is 0. The van der Waals surface area contributed by atoms with E-state index >= 15 is 0 Å². The third kappa shape index (κ3) is 5.71. The number of nitrogens with one attached hydrogen (secondary N) is 1. The molecule has 2 unspecified atom stereocenters. The number of aliphatic carboxylic acids is 1. The number of hydrogen-bond donors (Lipinski definition) is 3. The SMILES string of the molecule is COCC(CCO)NC(C(=O)O)C(C)C. The lowest BCUT2D eigenvalue weighted by Crippen LogP contribution is -2.48. The summed E-state index contributed by atoms with van der Waals surface area (Å²) in [5, 5.41) is 20.7. The number of rotatable bonds is 8. The molecule has 0 amide bonds. The Kier molecular flexibility index (Phi) is 7.29. The molecule has 0 aliphatic rings. The Labute approximate surface area is 90.4 Å². The number of carbonyl (C=O) groups is 1. The van der Waals surface area contributed by atoms with Gasteiger partial charge in [-0.15, -0.1) is 0 Å². The zero-order chi connectivity index (χ0) is 11.8. The van der Waals surface area contributed by atoms with Crippen molar-refractivity contribution in [3.8, 4) is 0 Å². The number of carboxylic acid groups (broad SMARTS) is 1. The van der Waals surface area contributed by atoms with Gasteiger partial charge >= 0.3 is 5.97 Å². The van der Waals surface area contributed by atoms with Crippen molar-refractivity contribution in [2.75, 3.05) is 20.3 Å². The quantitative estimate of drug-likeness (QED) is 0.539. The second-order valence-electron chi connectivity index (χ2n) is 3.89. The summed E-state index contributed by atoms with van der Waals surface area (Å²) in [6.07, 6.45) is 0.490. The molecule has 5 heteroatoms. The smallest absolute Gasteiger partial charge is 0.320 e. The van der Waals surface area contributed by atoms with Crippen LogP contribution >= 0.6 is 0 Å². The van der Waals surface area contributed by atoms with Crippen molar-refractivity contribution in [3.05, 3.63) is 0 Å². The zero-order valence-corrected chi connectivity index (χ0v) is 9.56. The number of methoxy groups -OCH3 is 1. The summed E-state index contributed by atoms with van der Waals surface area (Å²) in [5.74, 6) is -0.871. The Hall–Kier alpha value is -0.650. The average Bonchev–Trinajstić information content (AvgIpc) is 2.13. The number of aliphatic hydroxyl groups is 1. The van der Waals surface area contributed by atoms with Crippen LogP contribution in [0, 0.1) is 5.92 Å². The fraction of sp³-hybridized carbons (Fsp3) is 0.900. The standard InChI is InChI=1S/C10H21NO4/c1-7(2)9(10(13)14)11-8(4-5-12)6-15-3/h7-9,11-12H,4-6H2,1-3H3,(H,13,14). The lowest BCUT2D eigenvalue weighted by Gasteiger charge is -2.24. The molecular weight excluding hydrogens is 198 g/mol. The van der Waals surface area contributed by atoms with Crippen LogP contribution in [0.1, 0.15) is 20.3 Å². The highest BCUT2D eigenvalue weighted by atomic mass is 16.5. The molecule has 0 bridgehead atoms. The Morgan fingerprint density at radius 3 is 2.40 bits per heavy atom. The van der Waals surface area contributed by atoms with Crippen LogP contribution in [0.2, 0.25) is 0 Å². The summed E-state index contributed by atoms with van der Waals surface area (Å²) in [5.41, 5.74) is 0. The molecule has 0 saturated heterocycles. The third-order valence-electron chi connectivity index (χ3n) is 2.19. The molecule has 0 aliphatic carbocycles. The van der Waals surface area contributed by atoms with Crippen LogP contribution < -0.4 is 5.32 Å². The monoisotopic (exact) mass is 219 g/mol. The molecule has 0 heterocycles. The van der Waals surface area contributed by atoms with Crippen LogP contribution in [0.15, 0.2) is 0 Å². The topological polar surface area (TPSA) is 78.8 Å². The Morgan fingerprint density at radius 2 is 2.07 bits per heavy atom. The second-order valence-corrected chi connectivity index (χ2v) is 3.89. The third-order valence-corrected chi connectivity index (χ3v) is 2.19. The van der Waals surface area contributed by atoms with Gasteiger partial charge in [0.2, 0.25) is 0 Å². The Balaban J connectivity index is 4.25. The number of ether oxygens (including phenoxy) is 1. The summed E-state index contributed by atoms with van der Waals surface area (Å²) in [6, 6.07) is -0.722. The van der Waals surface area contributed by atoms with Gasteiger partial charge in [-0.3, -0.25) is 10.1 Å². The molecular formula is C10H21NO4. The van der Waals surface area contributed by atoms with E-state index in [0.29, 0.717) is 13.0 Å². The maximum atomic E-state index is 10.9. The van der Waals surface area contributed by atoms with Gasteiger partial charge in [0.25, 0.3) is 0 Å². The van der Waals surface area contributed by atoms with Gasteiger partial charge in [0.15, 0.2) is 0 Å². The van der Waals surface area contributed by atoms with Crippen molar-refractivity contribution in [2.45, 2.75) is 32.4 Å². The van der Waals surface area contributed by atoms with E-state index in [-0.39, 0.29) is 18.6 Å². The molecule has 0 saturated carbocycles. The average molecular weight is 219 g/mol. The van der Waals surface area contributed by atoms with E-state index in [9.17, 15) is 4.79 Å². The Morgan fingerprint density at radius 1 is 1.47 bits per heavy atom. The molecule has 0 aromatic rings. The maximum absolute atomic E-state index is 10.9. The number of aliphatic hydroxyl groups excluding tert-OH is 1. The highest BCUT2D eigenvalue weighted by Crippen LogP contribution is 2.05. The van der Waals surface area contributed by atoms with Crippen LogP contribution in [-0.4, -0.2) is 48.6 Å². The van der Waals surface area contributed by atoms with E-state index in [1.165, 1.54) is 0 Å². The summed E-state index contributed by atoms with van der Waals surface area (Å²) in [7, 11) is 1.55. The van der Waals surface area contributed by atoms with Crippen molar-refractivity contribution in [3.63, 3.8) is 0 Å². The van der Waals surface area contributed by atoms with E-state index in [2.05, 4.69) is 5.32 Å². The first-order valence-electron chi connectivity index (χ1n) is 5.11. The minimum absolute atomic E-state index is 0.000508. The van der Waals surface area contributed by atoms with Crippen LogP contribution in [0.3, 0.4) is 0 Å². The maximum Gasteiger partial charge on any atom is 0.320 e. The van der Waals surface area contributed by atoms with Gasteiger partial charge in [0, 0.05) is 19.8 Å². The molecule has 0 spiro atoms. The van der Waals surface area contributed by atoms with Gasteiger partial charge < -0.3 is 14.9 Å². The van der Waals surface area contributed by atoms with E-state index < -0.39 is 12.0 Å². The van der Waals surface area contributed by atoms with Gasteiger partial charge in [0.05, 0.1) is 6.61 Å². The van der Waals surface area contributed by atoms with Crippen molar-refractivity contribution >= 4 is 5.97 Å². The molecule has 0 rings (SSSR count). The second kappa shape index (κ2) is 7.62. The van der Waals surface area contributed by atoms with Crippen molar-refractivity contribution < 1.29 is 19.7 Å². The van der Waals surface area contributed by atoms with Crippen LogP contribution in [0.4, 0.5) is 0 Å². The zero-order valence-electron chi connectivity index (χ0n) is 9.56. The summed E-state index contributed by atoms with van der Waals surface area (Å²) in [4.78, 5) is 10.9. The van der Waals surface area contributed by atoms with E-state index in [1.54, 1.807) is 7.11 Å². The molecule has 0 fully saturated rings. The summed E-state index contributed by atoms with van der Waals surface area (Å²) in [6.45, 7) is 4.10. The fourth-order valence-corrected chi connectivity index (χ4v) is 1.37. The van der Waals surface area contributed by atoms with Gasteiger partial charge in [0.1, 0.15) is 6.04 Å². The van der Waals surface area contributed by atoms with Gasteiger partial charge in [-0.25, -0.2) is 0 Å². The van der Waals surface area contributed by atoms with Crippen LogP contribution in [0.5, 0.6) is 0 Å². The molecule has 5 nitrogen and oxygen atoms in total. The molecule has 3 N–H and O–H groups in total. The molecule has 0 aliphatic heterocycles. The van der Waals surface area contributed by atoms with E-state index in [0.717, 1.165) is 0 Å². The lowest BCUT2D eigenvalue weighted by molar-refractivity contribution is -0.141. The van der Waals surface area contributed by atoms with Crippen LogP contribution in [-0.2, 0) is 9.53 Å². The van der Waals surface area contributed by atoms with E-state index in [4.69, 9.17) is 14.9 Å². The first-order valence-corrected chi connectivity index (χ1v) is 5.11. The molecule has 0 aromatic carbocycles. The highest BCUT2D eigenvalue weighted by molar-refractivity contribution is 5.73. The molecule has 90 valence electrons. The predicted molar refractivity (Wildman–Crippen MR) is 56.8 cm³/mol. The van der Waals surface area contributed by atoms with Crippen molar-refractivity contribution in [1.82, 2.24) is 5.32 Å². The number of hydrogen-bond acceptors (Lipinski definition) is 4. The fourth-order valence-electron chi connectivity index (χ4n) is 1.37. The minimum Gasteiger partial charge on any atom is -0.480 e. The van der Waals surface area contributed by atoms with Gasteiger partial charge in [-0.2, -0.15) is 0 Å². The largest absolute Gasteiger partial charge is 0.480 e. The van der Waals surface area contributed by atoms with Crippen LogP contribution in [0.25, 0.3) is 0 Å². The number of carboxylic acids is 1. The molecule has 2 atom stereocenters. The predicted octanol–water partition coefficient (Wildman–Crippen LogP) is 0.0826. The molecule has 0 aromatic heterocycles. The van der Waals surface area contributed by atoms with Gasteiger partial charge in [-0.1, -0.05) is 13.8 Å². The Bertz CT molecular complexity index is 178. The molecule has 15 heavy (non-hydrogen) atoms. The minimum atomic E-state index is -0.871. The lowest BCUT2D eigenvalue weighted by atomic mass is 10.0. The highest BCUT2D eigenvalue weighted by Gasteiger charge is 2.24. The van der Waals surface area contributed by atoms with E-state index in [1.807, 2.05) is 13.8 Å². The normalized spacial score (nSPS) is 15.3. The summed E-state index contributed by atoms with van der Waals surface area (Å²) < 4.78 is 4.95. The van der Waals surface area contributed by atoms with Crippen molar-refractivity contribution in [1.29, 1.82) is 0 Å². The first-order chi connectivity index (χ1) is 7.02. The molecule has 0 radical (unpaired) electrons.